The molecule has 0 aliphatic rings. The van der Waals surface area contributed by atoms with Crippen molar-refractivity contribution in [3.63, 3.8) is 0 Å². The predicted octanol–water partition coefficient (Wildman–Crippen LogP) is 14.7. The first-order valence-corrected chi connectivity index (χ1v) is 28.4. The molecule has 6 heteroatoms. The fourth-order valence-electron chi connectivity index (χ4n) is 7.88. The van der Waals surface area contributed by atoms with Crippen LogP contribution in [0.25, 0.3) is 81.8 Å². The van der Waals surface area contributed by atoms with Crippen molar-refractivity contribution in [1.82, 2.24) is 14.5 Å². The number of benzene rings is 7. The standard InChI is InChI=1S/C37H23N2S.C18H24GeN.Ir/c1-3-12-25(13-4-1)27-22-23-33(31(24-27)26-14-5-2-6-15-26)39-34-20-9-8-19-32(34)38-37(39)30-18-11-17-29-28-16-7-10-21-35(28)40-36(29)30;1-13(2)16-11-18(15-9-7-14(3)8-10-15)20-12-17(16)19(4,5)6;/h1-17,19-24H;7-9,11-13H,1-6H3;/q2*-1;/i;3D3,13D;. The Labute approximate surface area is 385 Å². The van der Waals surface area contributed by atoms with Gasteiger partial charge in [0, 0.05) is 36.1 Å². The molecule has 61 heavy (non-hydrogen) atoms. The maximum absolute atomic E-state index is 8.49. The van der Waals surface area contributed by atoms with Crippen molar-refractivity contribution < 1.29 is 25.6 Å². The Balaban J connectivity index is 0.000000199. The van der Waals surface area contributed by atoms with E-state index < -0.39 is 26.0 Å². The molecule has 0 unspecified atom stereocenters. The summed E-state index contributed by atoms with van der Waals surface area (Å²) in [5.74, 6) is 7.09. The molecule has 3 aromatic heterocycles. The molecule has 0 aliphatic carbocycles. The molecule has 0 fully saturated rings. The van der Waals surface area contributed by atoms with E-state index in [1.54, 1.807) is 12.1 Å². The minimum absolute atomic E-state index is 0. The van der Waals surface area contributed by atoms with E-state index in [0.717, 1.165) is 50.5 Å². The smallest absolute Gasteiger partial charge is 0.0774 e. The van der Waals surface area contributed by atoms with Crippen molar-refractivity contribution in [2.45, 2.75) is 43.9 Å². The van der Waals surface area contributed by atoms with Crippen molar-refractivity contribution in [2.24, 2.45) is 0 Å². The van der Waals surface area contributed by atoms with Crippen LogP contribution in [0.4, 0.5) is 0 Å². The minimum atomic E-state index is -2.14. The van der Waals surface area contributed by atoms with E-state index >= 15 is 0 Å². The topological polar surface area (TPSA) is 30.7 Å². The number of nitrogens with zero attached hydrogens (tertiary/aromatic N) is 3. The summed E-state index contributed by atoms with van der Waals surface area (Å²) < 4.78 is 36.8. The SMILES string of the molecule is [2H]C([2H])([2H])c1c[c-]c(-c2cc(C([2H])(C)C)[c]([Ge]([CH3])([CH3])[CH3])cn2)cc1.[Ir].[c-]1ccc2c(sc3ccccc32)c1-c1nc2ccccc2n1-c1ccc(-c2ccccc2)cc1-c1ccccc1. The van der Waals surface area contributed by atoms with Crippen molar-refractivity contribution >= 4 is 60.2 Å². The zero-order valence-corrected chi connectivity index (χ0v) is 40.1. The van der Waals surface area contributed by atoms with Crippen LogP contribution in [0.15, 0.2) is 170 Å². The Morgan fingerprint density at radius 2 is 1.44 bits per heavy atom. The molecule has 10 aromatic rings. The molecular weight excluding hydrogens is 1000 g/mol. The van der Waals surface area contributed by atoms with Crippen molar-refractivity contribution in [2.75, 3.05) is 0 Å². The van der Waals surface area contributed by atoms with Crippen LogP contribution >= 0.6 is 11.3 Å². The number of rotatable bonds is 7. The number of hydrogen-bond donors (Lipinski definition) is 0. The molecule has 1 radical (unpaired) electrons. The summed E-state index contributed by atoms with van der Waals surface area (Å²) in [5, 5.41) is 2.52. The first-order chi connectivity index (χ1) is 30.6. The van der Waals surface area contributed by atoms with Gasteiger partial charge in [-0.05, 0) is 57.1 Å². The van der Waals surface area contributed by atoms with Gasteiger partial charge in [0.2, 0.25) is 0 Å². The first-order valence-electron chi connectivity index (χ1n) is 22.2. The summed E-state index contributed by atoms with van der Waals surface area (Å²) in [4.78, 5) is 9.81. The zero-order chi connectivity index (χ0) is 44.8. The van der Waals surface area contributed by atoms with Gasteiger partial charge in [-0.25, -0.2) is 0 Å². The summed E-state index contributed by atoms with van der Waals surface area (Å²) in [7, 11) is 0. The first kappa shape index (κ1) is 37.3. The normalized spacial score (nSPS) is 12.8. The molecule has 3 heterocycles. The molecule has 0 saturated heterocycles. The molecule has 303 valence electrons. The molecule has 0 spiro atoms. The van der Waals surface area contributed by atoms with E-state index in [1.165, 1.54) is 47.3 Å². The number of para-hydroxylation sites is 2. The number of aryl methyl sites for hydroxylation is 1. The monoisotopic (exact) mass is 1050 g/mol. The molecule has 0 bridgehead atoms. The number of hydrogen-bond acceptors (Lipinski definition) is 3. The van der Waals surface area contributed by atoms with E-state index in [0.29, 0.717) is 0 Å². The average Bonchev–Trinajstić information content (AvgIpc) is 3.88. The van der Waals surface area contributed by atoms with Crippen molar-refractivity contribution in [1.29, 1.82) is 0 Å². The summed E-state index contributed by atoms with van der Waals surface area (Å²) in [5.41, 5.74) is 11.7. The summed E-state index contributed by atoms with van der Waals surface area (Å²) in [6.45, 7) is 1.66. The van der Waals surface area contributed by atoms with E-state index in [9.17, 15) is 0 Å². The summed E-state index contributed by atoms with van der Waals surface area (Å²) >= 11 is -0.328. The van der Waals surface area contributed by atoms with E-state index in [1.807, 2.05) is 43.5 Å². The molecular formula is C55H47GeIrN3S-2. The predicted molar refractivity (Wildman–Crippen MR) is 259 cm³/mol. The molecule has 0 atom stereocenters. The molecule has 10 rings (SSSR count). The largest absolute Gasteiger partial charge is 0.333 e. The number of fused-ring (bicyclic) bond motifs is 4. The fraction of sp³-hybridized carbons (Fsp3) is 0.127. The Morgan fingerprint density at radius 3 is 2.16 bits per heavy atom. The Bertz CT molecular complexity index is 3280. The summed E-state index contributed by atoms with van der Waals surface area (Å²) in [6.07, 6.45) is 1.91. The van der Waals surface area contributed by atoms with Crippen LogP contribution in [-0.2, 0) is 20.1 Å². The van der Waals surface area contributed by atoms with Gasteiger partial charge in [-0.2, -0.15) is 11.3 Å². The maximum atomic E-state index is 8.49. The van der Waals surface area contributed by atoms with Crippen molar-refractivity contribution in [3.05, 3.63) is 193 Å². The van der Waals surface area contributed by atoms with Gasteiger partial charge in [0.25, 0.3) is 0 Å². The second kappa shape index (κ2) is 17.9. The van der Waals surface area contributed by atoms with E-state index in [-0.39, 0.29) is 25.7 Å². The number of imidazole rings is 1. The third-order valence-electron chi connectivity index (χ3n) is 10.9. The second-order valence-corrected chi connectivity index (χ2v) is 27.9. The number of aromatic nitrogens is 3. The number of pyridine rings is 1. The Kier molecular flexibility index (Phi) is 11.0. The van der Waals surface area contributed by atoms with Crippen LogP contribution in [-0.4, -0.2) is 27.8 Å². The van der Waals surface area contributed by atoms with Crippen LogP contribution < -0.4 is 4.40 Å². The van der Waals surface area contributed by atoms with E-state index in [2.05, 4.69) is 172 Å². The molecule has 0 amide bonds. The minimum Gasteiger partial charge on any atom is -0.333 e. The van der Waals surface area contributed by atoms with Crippen LogP contribution in [0.2, 0.25) is 17.3 Å². The van der Waals surface area contributed by atoms with Crippen LogP contribution in [0.3, 0.4) is 0 Å². The second-order valence-electron chi connectivity index (χ2n) is 16.3. The quantitative estimate of drug-likeness (QED) is 0.118. The zero-order valence-electron chi connectivity index (χ0n) is 38.7. The Hall–Kier alpha value is -5.43. The van der Waals surface area contributed by atoms with Gasteiger partial charge in [-0.1, -0.05) is 108 Å². The Morgan fingerprint density at radius 1 is 0.721 bits per heavy atom. The van der Waals surface area contributed by atoms with Gasteiger partial charge in [-0.3, -0.25) is 4.98 Å². The summed E-state index contributed by atoms with van der Waals surface area (Å²) in [6, 6.07) is 62.7. The van der Waals surface area contributed by atoms with Gasteiger partial charge >= 0.3 is 131 Å². The van der Waals surface area contributed by atoms with Gasteiger partial charge in [0.15, 0.2) is 0 Å². The molecule has 0 aliphatic heterocycles. The molecule has 7 aromatic carbocycles. The fourth-order valence-corrected chi connectivity index (χ4v) is 12.4. The number of thiophene rings is 1. The maximum Gasteiger partial charge on any atom is 0.0774 e. The average molecular weight is 1050 g/mol. The van der Waals surface area contributed by atoms with E-state index in [4.69, 9.17) is 10.5 Å². The van der Waals surface area contributed by atoms with Crippen LogP contribution in [0, 0.1) is 19.0 Å². The van der Waals surface area contributed by atoms with Gasteiger partial charge in [0.05, 0.1) is 16.9 Å². The third-order valence-corrected chi connectivity index (χ3v) is 16.3. The van der Waals surface area contributed by atoms with Gasteiger partial charge < -0.3 is 4.57 Å². The van der Waals surface area contributed by atoms with Crippen molar-refractivity contribution in [3.8, 4) is 50.6 Å². The van der Waals surface area contributed by atoms with Gasteiger partial charge in [0.1, 0.15) is 0 Å². The third kappa shape index (κ3) is 8.58. The van der Waals surface area contributed by atoms with Crippen LogP contribution in [0.5, 0.6) is 0 Å². The van der Waals surface area contributed by atoms with Gasteiger partial charge in [-0.15, -0.1) is 18.2 Å². The molecule has 0 saturated carbocycles. The van der Waals surface area contributed by atoms with Crippen LogP contribution in [0.1, 0.15) is 36.4 Å². The molecule has 3 nitrogen and oxygen atoms in total. The molecule has 0 N–H and O–H groups in total.